The molecule has 0 radical (unpaired) electrons. The van der Waals surface area contributed by atoms with Gasteiger partial charge >= 0.3 is 5.97 Å². The number of carboxylic acids is 1. The van der Waals surface area contributed by atoms with Crippen molar-refractivity contribution >= 4 is 12.0 Å². The van der Waals surface area contributed by atoms with Gasteiger partial charge in [-0.3, -0.25) is 4.98 Å². The van der Waals surface area contributed by atoms with Crippen LogP contribution in [0.25, 0.3) is 6.08 Å². The van der Waals surface area contributed by atoms with Gasteiger partial charge in [-0.15, -0.1) is 0 Å². The Morgan fingerprint density at radius 3 is 2.36 bits per heavy atom. The Morgan fingerprint density at radius 1 is 1.43 bits per heavy atom. The Labute approximate surface area is 82.1 Å². The van der Waals surface area contributed by atoms with Gasteiger partial charge in [0.15, 0.2) is 0 Å². The van der Waals surface area contributed by atoms with Gasteiger partial charge in [0.2, 0.25) is 0 Å². The number of pyridine rings is 1. The van der Waals surface area contributed by atoms with Crippen LogP contribution in [0.2, 0.25) is 0 Å². The Morgan fingerprint density at radius 2 is 1.93 bits per heavy atom. The lowest BCUT2D eigenvalue weighted by atomic mass is 10.1. The molecule has 0 bridgehead atoms. The number of hydrogen-bond donors (Lipinski definition) is 2. The lowest BCUT2D eigenvalue weighted by Gasteiger charge is -2.00. The molecule has 0 atom stereocenters. The summed E-state index contributed by atoms with van der Waals surface area (Å²) in [5.41, 5.74) is 7.56. The SMILES string of the molecule is Cc1cc(/C=C(/N)C(=O)O)cc(C)n1. The molecular formula is C10H12N2O2. The predicted octanol–water partition coefficient (Wildman–Crippen LogP) is 1.08. The highest BCUT2D eigenvalue weighted by atomic mass is 16.4. The van der Waals surface area contributed by atoms with Gasteiger partial charge in [-0.25, -0.2) is 4.79 Å². The largest absolute Gasteiger partial charge is 0.477 e. The maximum absolute atomic E-state index is 10.5. The van der Waals surface area contributed by atoms with Crippen LogP contribution in [0.1, 0.15) is 17.0 Å². The van der Waals surface area contributed by atoms with Crippen molar-refractivity contribution in [3.8, 4) is 0 Å². The molecule has 0 aliphatic heterocycles. The molecule has 1 aromatic heterocycles. The minimum atomic E-state index is -1.11. The van der Waals surface area contributed by atoms with Gasteiger partial charge < -0.3 is 10.8 Å². The third-order valence-corrected chi connectivity index (χ3v) is 1.67. The molecule has 0 aromatic carbocycles. The number of nitrogens with two attached hydrogens (primary N) is 1. The fourth-order valence-electron chi connectivity index (χ4n) is 1.19. The zero-order chi connectivity index (χ0) is 10.7. The first-order valence-electron chi connectivity index (χ1n) is 4.15. The van der Waals surface area contributed by atoms with Crippen LogP contribution < -0.4 is 5.73 Å². The highest BCUT2D eigenvalue weighted by Gasteiger charge is 2.01. The molecule has 4 heteroatoms. The van der Waals surface area contributed by atoms with E-state index in [1.807, 2.05) is 13.8 Å². The predicted molar refractivity (Wildman–Crippen MR) is 53.5 cm³/mol. The fourth-order valence-corrected chi connectivity index (χ4v) is 1.19. The van der Waals surface area contributed by atoms with E-state index in [9.17, 15) is 4.79 Å². The van der Waals surface area contributed by atoms with Crippen molar-refractivity contribution in [1.82, 2.24) is 4.98 Å². The van der Waals surface area contributed by atoms with E-state index in [4.69, 9.17) is 10.8 Å². The molecule has 0 saturated heterocycles. The Bertz CT molecular complexity index is 377. The van der Waals surface area contributed by atoms with Crippen LogP contribution in [0.4, 0.5) is 0 Å². The molecule has 0 aliphatic rings. The maximum atomic E-state index is 10.5. The number of carboxylic acid groups (broad SMARTS) is 1. The van der Waals surface area contributed by atoms with Crippen molar-refractivity contribution in [2.45, 2.75) is 13.8 Å². The summed E-state index contributed by atoms with van der Waals surface area (Å²) in [7, 11) is 0. The second kappa shape index (κ2) is 3.91. The number of rotatable bonds is 2. The van der Waals surface area contributed by atoms with Gasteiger partial charge in [0.05, 0.1) is 0 Å². The van der Waals surface area contributed by atoms with Crippen molar-refractivity contribution in [2.75, 3.05) is 0 Å². The van der Waals surface area contributed by atoms with Crippen molar-refractivity contribution in [3.63, 3.8) is 0 Å². The summed E-state index contributed by atoms with van der Waals surface area (Å²) in [4.78, 5) is 14.6. The molecule has 1 heterocycles. The third-order valence-electron chi connectivity index (χ3n) is 1.67. The minimum absolute atomic E-state index is 0.171. The van der Waals surface area contributed by atoms with Crippen LogP contribution >= 0.6 is 0 Å². The first-order chi connectivity index (χ1) is 6.49. The second-order valence-corrected chi connectivity index (χ2v) is 3.09. The average molecular weight is 192 g/mol. The van der Waals surface area contributed by atoms with E-state index < -0.39 is 5.97 Å². The summed E-state index contributed by atoms with van der Waals surface area (Å²) in [6, 6.07) is 3.56. The van der Waals surface area contributed by atoms with Crippen LogP contribution in [-0.2, 0) is 4.79 Å². The molecule has 0 spiro atoms. The van der Waals surface area contributed by atoms with E-state index in [1.54, 1.807) is 12.1 Å². The minimum Gasteiger partial charge on any atom is -0.477 e. The lowest BCUT2D eigenvalue weighted by Crippen LogP contribution is -2.09. The van der Waals surface area contributed by atoms with E-state index in [0.29, 0.717) is 0 Å². The zero-order valence-electron chi connectivity index (χ0n) is 8.11. The molecule has 74 valence electrons. The van der Waals surface area contributed by atoms with Crippen molar-refractivity contribution in [3.05, 3.63) is 34.8 Å². The third kappa shape index (κ3) is 2.58. The van der Waals surface area contributed by atoms with Gasteiger partial charge in [0, 0.05) is 11.4 Å². The number of aromatic nitrogens is 1. The Kier molecular flexibility index (Phi) is 2.86. The molecule has 0 amide bonds. The Balaban J connectivity index is 3.08. The van der Waals surface area contributed by atoms with Gasteiger partial charge in [-0.2, -0.15) is 0 Å². The summed E-state index contributed by atoms with van der Waals surface area (Å²) in [5.74, 6) is -1.11. The number of carbonyl (C=O) groups is 1. The molecule has 0 aliphatic carbocycles. The van der Waals surface area contributed by atoms with Crippen LogP contribution in [0, 0.1) is 13.8 Å². The first-order valence-corrected chi connectivity index (χ1v) is 4.15. The van der Waals surface area contributed by atoms with Crippen LogP contribution in [0.15, 0.2) is 17.8 Å². The standard InChI is InChI=1S/C10H12N2O2/c1-6-3-8(4-7(2)12-6)5-9(11)10(13)14/h3-5H,11H2,1-2H3,(H,13,14)/b9-5+. The second-order valence-electron chi connectivity index (χ2n) is 3.09. The van der Waals surface area contributed by atoms with E-state index in [1.165, 1.54) is 6.08 Å². The maximum Gasteiger partial charge on any atom is 0.351 e. The van der Waals surface area contributed by atoms with Gasteiger partial charge in [0.25, 0.3) is 0 Å². The summed E-state index contributed by atoms with van der Waals surface area (Å²) < 4.78 is 0. The van der Waals surface area contributed by atoms with Gasteiger partial charge in [-0.05, 0) is 37.6 Å². The highest BCUT2D eigenvalue weighted by molar-refractivity contribution is 5.90. The monoisotopic (exact) mass is 192 g/mol. The van der Waals surface area contributed by atoms with Gasteiger partial charge in [0.1, 0.15) is 5.70 Å². The summed E-state index contributed by atoms with van der Waals surface area (Å²) in [6.07, 6.45) is 1.42. The van der Waals surface area contributed by atoms with E-state index in [2.05, 4.69) is 4.98 Å². The van der Waals surface area contributed by atoms with Crippen molar-refractivity contribution in [2.24, 2.45) is 5.73 Å². The summed E-state index contributed by atoms with van der Waals surface area (Å²) in [5, 5.41) is 8.57. The number of nitrogens with zero attached hydrogens (tertiary/aromatic N) is 1. The quantitative estimate of drug-likeness (QED) is 0.687. The molecule has 0 saturated carbocycles. The zero-order valence-corrected chi connectivity index (χ0v) is 8.11. The van der Waals surface area contributed by atoms with E-state index >= 15 is 0 Å². The van der Waals surface area contributed by atoms with E-state index in [-0.39, 0.29) is 5.70 Å². The van der Waals surface area contributed by atoms with E-state index in [0.717, 1.165) is 17.0 Å². The van der Waals surface area contributed by atoms with Crippen LogP contribution in [0.3, 0.4) is 0 Å². The molecule has 4 nitrogen and oxygen atoms in total. The molecule has 14 heavy (non-hydrogen) atoms. The topological polar surface area (TPSA) is 76.2 Å². The first kappa shape index (κ1) is 10.2. The Hall–Kier alpha value is -1.84. The molecule has 3 N–H and O–H groups in total. The summed E-state index contributed by atoms with van der Waals surface area (Å²) >= 11 is 0. The molecule has 0 fully saturated rings. The molecule has 1 aromatic rings. The molecular weight excluding hydrogens is 180 g/mol. The summed E-state index contributed by atoms with van der Waals surface area (Å²) in [6.45, 7) is 3.70. The molecule has 1 rings (SSSR count). The van der Waals surface area contributed by atoms with Crippen molar-refractivity contribution in [1.29, 1.82) is 0 Å². The fraction of sp³-hybridized carbons (Fsp3) is 0.200. The normalized spacial score (nSPS) is 11.4. The van der Waals surface area contributed by atoms with Crippen molar-refractivity contribution < 1.29 is 9.90 Å². The number of aryl methyl sites for hydroxylation is 2. The molecule has 0 unspecified atom stereocenters. The highest BCUT2D eigenvalue weighted by Crippen LogP contribution is 2.08. The smallest absolute Gasteiger partial charge is 0.351 e. The number of hydrogen-bond acceptors (Lipinski definition) is 3. The van der Waals surface area contributed by atoms with Crippen LogP contribution in [-0.4, -0.2) is 16.1 Å². The van der Waals surface area contributed by atoms with Gasteiger partial charge in [-0.1, -0.05) is 0 Å². The lowest BCUT2D eigenvalue weighted by molar-refractivity contribution is -0.132. The number of aliphatic carboxylic acids is 1. The average Bonchev–Trinajstić information content (AvgIpc) is 2.01. The van der Waals surface area contributed by atoms with Crippen LogP contribution in [0.5, 0.6) is 0 Å².